The summed E-state index contributed by atoms with van der Waals surface area (Å²) in [6, 6.07) is 7.92. The Morgan fingerprint density at radius 2 is 1.92 bits per heavy atom. The van der Waals surface area contributed by atoms with E-state index in [-0.39, 0.29) is 6.04 Å². The van der Waals surface area contributed by atoms with E-state index in [2.05, 4.69) is 31.0 Å². The van der Waals surface area contributed by atoms with Gasteiger partial charge in [0.2, 0.25) is 0 Å². The highest BCUT2D eigenvalue weighted by atomic mass is 19.1. The molecular weight excluding hydrogens is 478 g/mol. The molecule has 9 nitrogen and oxygen atoms in total. The first-order valence-corrected chi connectivity index (χ1v) is 12.2. The quantitative estimate of drug-likeness (QED) is 0.449. The van der Waals surface area contributed by atoms with E-state index in [0.717, 1.165) is 34.4 Å². The molecule has 37 heavy (non-hydrogen) atoms. The summed E-state index contributed by atoms with van der Waals surface area (Å²) in [7, 11) is 0. The van der Waals surface area contributed by atoms with E-state index < -0.39 is 28.6 Å². The van der Waals surface area contributed by atoms with Gasteiger partial charge in [0.05, 0.1) is 24.4 Å². The minimum absolute atomic E-state index is 0.220. The number of nitrogens with zero attached hydrogens (tertiary/aromatic N) is 7. The van der Waals surface area contributed by atoms with Crippen LogP contribution in [-0.4, -0.2) is 72.7 Å². The first-order valence-electron chi connectivity index (χ1n) is 12.2. The van der Waals surface area contributed by atoms with Gasteiger partial charge >= 0.3 is 0 Å². The molecule has 1 amide bonds. The van der Waals surface area contributed by atoms with Crippen molar-refractivity contribution in [3.63, 3.8) is 0 Å². The fraction of sp³-hybridized carbons (Fsp3) is 0.346. The minimum Gasteiger partial charge on any atom is -0.346 e. The fourth-order valence-electron chi connectivity index (χ4n) is 5.55. The van der Waals surface area contributed by atoms with Crippen molar-refractivity contribution in [3.8, 4) is 17.3 Å². The van der Waals surface area contributed by atoms with Gasteiger partial charge in [-0.3, -0.25) is 14.4 Å². The van der Waals surface area contributed by atoms with Crippen LogP contribution in [0, 0.1) is 23.0 Å². The van der Waals surface area contributed by atoms with Crippen molar-refractivity contribution >= 4 is 16.9 Å². The van der Waals surface area contributed by atoms with Gasteiger partial charge in [-0.1, -0.05) is 6.07 Å². The van der Waals surface area contributed by atoms with Crippen molar-refractivity contribution in [2.24, 2.45) is 0 Å². The number of likely N-dealkylation sites (tertiary alicyclic amines) is 2. The molecule has 0 unspecified atom stereocenters. The van der Waals surface area contributed by atoms with E-state index in [1.54, 1.807) is 6.20 Å². The van der Waals surface area contributed by atoms with Crippen LogP contribution in [0.4, 0.5) is 8.78 Å². The van der Waals surface area contributed by atoms with Gasteiger partial charge in [-0.25, -0.2) is 18.7 Å². The smallest absolute Gasteiger partial charge is 0.259 e. The van der Waals surface area contributed by atoms with Gasteiger partial charge in [0.15, 0.2) is 0 Å². The number of halogens is 2. The Morgan fingerprint density at radius 1 is 1.16 bits per heavy atom. The molecule has 0 bridgehead atoms. The van der Waals surface area contributed by atoms with Crippen LogP contribution in [0.5, 0.6) is 0 Å². The number of hydrogen-bond donors (Lipinski definition) is 1. The average molecular weight is 503 g/mol. The number of amides is 1. The molecule has 2 aliphatic rings. The van der Waals surface area contributed by atoms with E-state index in [4.69, 9.17) is 0 Å². The average Bonchev–Trinajstić information content (AvgIpc) is 3.56. The molecule has 0 atom stereocenters. The summed E-state index contributed by atoms with van der Waals surface area (Å²) >= 11 is 0. The Hall–Kier alpha value is -4.17. The Morgan fingerprint density at radius 3 is 2.65 bits per heavy atom. The van der Waals surface area contributed by atoms with Crippen molar-refractivity contribution in [3.05, 3.63) is 66.4 Å². The number of hydrogen-bond acceptors (Lipinski definition) is 6. The standard InChI is InChI=1S/C26H24F2N8O/c27-20-2-1-3-21(28)22(20)25(37)34-10-5-18(6-11-34)35-14-26(15-35,7-8-29)36-13-17(12-33-36)23-19-4-9-30-24(19)32-16-31-23/h1-4,9,12-13,16,18H,5-7,10-11,14-15H2,(H,30,31,32). The molecule has 0 saturated carbocycles. The molecule has 11 heteroatoms. The number of aromatic amines is 1. The molecular formula is C26H24F2N8O. The van der Waals surface area contributed by atoms with Crippen LogP contribution in [0.1, 0.15) is 29.6 Å². The van der Waals surface area contributed by atoms with Crippen LogP contribution in [-0.2, 0) is 5.54 Å². The monoisotopic (exact) mass is 502 g/mol. The number of carbonyl (C=O) groups is 1. The fourth-order valence-corrected chi connectivity index (χ4v) is 5.55. The Kier molecular flexibility index (Phi) is 5.68. The number of benzene rings is 1. The number of carbonyl (C=O) groups excluding carboxylic acids is 1. The zero-order valence-electron chi connectivity index (χ0n) is 19.9. The summed E-state index contributed by atoms with van der Waals surface area (Å²) in [6.07, 6.45) is 8.75. The largest absolute Gasteiger partial charge is 0.346 e. The predicted molar refractivity (Wildman–Crippen MR) is 130 cm³/mol. The summed E-state index contributed by atoms with van der Waals surface area (Å²) < 4.78 is 30.0. The number of H-pyrrole nitrogens is 1. The zero-order valence-corrected chi connectivity index (χ0v) is 19.9. The maximum atomic E-state index is 14.1. The lowest BCUT2D eigenvalue weighted by Gasteiger charge is -2.53. The second kappa shape index (κ2) is 9.05. The van der Waals surface area contributed by atoms with Gasteiger partial charge < -0.3 is 9.88 Å². The lowest BCUT2D eigenvalue weighted by Crippen LogP contribution is -2.66. The van der Waals surface area contributed by atoms with Gasteiger partial charge in [-0.15, -0.1) is 0 Å². The molecule has 188 valence electrons. The SMILES string of the molecule is N#CCC1(n2cc(-c3ncnc4[nH]ccc34)cn2)CN(C2CCN(C(=O)c3c(F)cccc3F)CC2)C1. The third kappa shape index (κ3) is 3.94. The van der Waals surface area contributed by atoms with Gasteiger partial charge in [0.1, 0.15) is 34.7 Å². The van der Waals surface area contributed by atoms with Crippen molar-refractivity contribution in [2.75, 3.05) is 26.2 Å². The topological polar surface area (TPSA) is 107 Å². The molecule has 2 fully saturated rings. The van der Waals surface area contributed by atoms with Crippen LogP contribution in [0.15, 0.2) is 49.2 Å². The highest BCUT2D eigenvalue weighted by Gasteiger charge is 2.48. The van der Waals surface area contributed by atoms with Gasteiger partial charge in [0.25, 0.3) is 5.91 Å². The second-order valence-electron chi connectivity index (χ2n) is 9.72. The second-order valence-corrected chi connectivity index (χ2v) is 9.72. The first kappa shape index (κ1) is 23.2. The summed E-state index contributed by atoms with van der Waals surface area (Å²) in [5.74, 6) is -2.29. The number of piperidine rings is 1. The van der Waals surface area contributed by atoms with Crippen molar-refractivity contribution < 1.29 is 13.6 Å². The van der Waals surface area contributed by atoms with Gasteiger partial charge in [-0.2, -0.15) is 10.4 Å². The van der Waals surface area contributed by atoms with Crippen molar-refractivity contribution in [1.29, 1.82) is 5.26 Å². The summed E-state index contributed by atoms with van der Waals surface area (Å²) in [5, 5.41) is 15.1. The highest BCUT2D eigenvalue weighted by molar-refractivity contribution is 5.95. The maximum Gasteiger partial charge on any atom is 0.259 e. The number of nitriles is 1. The molecule has 1 N–H and O–H groups in total. The van der Waals surface area contributed by atoms with Crippen LogP contribution in [0.25, 0.3) is 22.3 Å². The molecule has 1 aromatic carbocycles. The third-order valence-electron chi connectivity index (χ3n) is 7.54. The summed E-state index contributed by atoms with van der Waals surface area (Å²) in [6.45, 7) is 2.16. The zero-order chi connectivity index (χ0) is 25.6. The first-order chi connectivity index (χ1) is 18.0. The van der Waals surface area contributed by atoms with Crippen LogP contribution >= 0.6 is 0 Å². The number of nitrogens with one attached hydrogen (secondary N) is 1. The Balaban J connectivity index is 1.13. The molecule has 0 aliphatic carbocycles. The van der Waals surface area contributed by atoms with Crippen LogP contribution < -0.4 is 0 Å². The summed E-state index contributed by atoms with van der Waals surface area (Å²) in [5.41, 5.74) is 1.45. The predicted octanol–water partition coefficient (Wildman–Crippen LogP) is 3.33. The number of fused-ring (bicyclic) bond motifs is 1. The third-order valence-corrected chi connectivity index (χ3v) is 7.54. The normalized spacial score (nSPS) is 18.0. The number of rotatable bonds is 5. The Labute approximate surface area is 211 Å². The van der Waals surface area contributed by atoms with E-state index in [0.29, 0.717) is 45.4 Å². The highest BCUT2D eigenvalue weighted by Crippen LogP contribution is 2.37. The van der Waals surface area contributed by atoms with E-state index in [1.165, 1.54) is 17.3 Å². The minimum atomic E-state index is -0.839. The Bertz CT molecular complexity index is 1490. The number of aromatic nitrogens is 5. The molecule has 0 radical (unpaired) electrons. The molecule has 5 heterocycles. The molecule has 0 spiro atoms. The van der Waals surface area contributed by atoms with Crippen LogP contribution in [0.3, 0.4) is 0 Å². The van der Waals surface area contributed by atoms with E-state index in [1.807, 2.05) is 23.1 Å². The lowest BCUT2D eigenvalue weighted by molar-refractivity contribution is -0.0412. The summed E-state index contributed by atoms with van der Waals surface area (Å²) in [4.78, 5) is 28.3. The molecule has 6 rings (SSSR count). The van der Waals surface area contributed by atoms with Crippen molar-refractivity contribution in [1.82, 2.24) is 34.5 Å². The maximum absolute atomic E-state index is 14.1. The van der Waals surface area contributed by atoms with Crippen molar-refractivity contribution in [2.45, 2.75) is 30.8 Å². The van der Waals surface area contributed by atoms with Gasteiger partial charge in [-0.05, 0) is 31.0 Å². The molecule has 3 aromatic heterocycles. The van der Waals surface area contributed by atoms with E-state index >= 15 is 0 Å². The van der Waals surface area contributed by atoms with E-state index in [9.17, 15) is 18.8 Å². The molecule has 2 saturated heterocycles. The van der Waals surface area contributed by atoms with Crippen LogP contribution in [0.2, 0.25) is 0 Å². The van der Waals surface area contributed by atoms with Gasteiger partial charge in [0, 0.05) is 55.6 Å². The lowest BCUT2D eigenvalue weighted by atomic mass is 9.83. The molecule has 4 aromatic rings. The molecule has 2 aliphatic heterocycles.